The number of aliphatic imine (C=N–C) groups is 1. The maximum atomic E-state index is 9.53. The third-order valence-electron chi connectivity index (χ3n) is 2.28. The van der Waals surface area contributed by atoms with Crippen molar-refractivity contribution in [3.63, 3.8) is 0 Å². The summed E-state index contributed by atoms with van der Waals surface area (Å²) in [4.78, 5) is 5.49. The van der Waals surface area contributed by atoms with Crippen LogP contribution in [0.5, 0.6) is 0 Å². The first-order chi connectivity index (χ1) is 6.49. The first kappa shape index (κ1) is 11.4. The number of nitrogens with zero attached hydrogens (tertiary/aromatic N) is 2. The molecule has 0 amide bonds. The highest BCUT2D eigenvalue weighted by atomic mass is 16.4. The highest BCUT2D eigenvalue weighted by Gasteiger charge is 2.39. The van der Waals surface area contributed by atoms with Crippen molar-refractivity contribution in [2.24, 2.45) is 4.99 Å². The van der Waals surface area contributed by atoms with E-state index in [4.69, 9.17) is 5.11 Å². The van der Waals surface area contributed by atoms with Gasteiger partial charge in [0.1, 0.15) is 30.2 Å². The Hall–Kier alpha value is -0.690. The van der Waals surface area contributed by atoms with E-state index in [1.165, 1.54) is 0 Å². The topological polar surface area (TPSA) is 96.5 Å². The van der Waals surface area contributed by atoms with Crippen LogP contribution in [0, 0.1) is 0 Å². The number of amidine groups is 1. The molecule has 0 saturated carbocycles. The van der Waals surface area contributed by atoms with E-state index in [9.17, 15) is 15.3 Å². The van der Waals surface area contributed by atoms with Gasteiger partial charge in [-0.05, 0) is 0 Å². The van der Waals surface area contributed by atoms with E-state index in [2.05, 4.69) is 4.99 Å². The summed E-state index contributed by atoms with van der Waals surface area (Å²) >= 11 is 0. The highest BCUT2D eigenvalue weighted by Crippen LogP contribution is 2.16. The summed E-state index contributed by atoms with van der Waals surface area (Å²) in [7, 11) is 3.34. The molecule has 6 nitrogen and oxygen atoms in total. The van der Waals surface area contributed by atoms with Gasteiger partial charge in [-0.25, -0.2) is 0 Å². The number of rotatable bonds is 1. The van der Waals surface area contributed by atoms with Crippen molar-refractivity contribution in [2.75, 3.05) is 20.7 Å². The van der Waals surface area contributed by atoms with Crippen LogP contribution < -0.4 is 0 Å². The van der Waals surface area contributed by atoms with E-state index in [-0.39, 0.29) is 12.4 Å². The van der Waals surface area contributed by atoms with Crippen molar-refractivity contribution >= 4 is 5.84 Å². The van der Waals surface area contributed by atoms with E-state index in [1.54, 1.807) is 19.0 Å². The molecule has 0 radical (unpaired) electrons. The van der Waals surface area contributed by atoms with Gasteiger partial charge in [0.15, 0.2) is 0 Å². The van der Waals surface area contributed by atoms with Crippen LogP contribution in [-0.2, 0) is 0 Å². The summed E-state index contributed by atoms with van der Waals surface area (Å²) in [6.45, 7) is -0.359. The lowest BCUT2D eigenvalue weighted by atomic mass is 9.97. The molecular formula is C8H16N2O4. The van der Waals surface area contributed by atoms with Gasteiger partial charge >= 0.3 is 0 Å². The normalized spacial score (nSPS) is 38.0. The Kier molecular flexibility index (Phi) is 3.43. The van der Waals surface area contributed by atoms with Crippen LogP contribution in [-0.4, -0.2) is 76.2 Å². The van der Waals surface area contributed by atoms with Gasteiger partial charge in [0.2, 0.25) is 0 Å². The van der Waals surface area contributed by atoms with E-state index >= 15 is 0 Å². The van der Waals surface area contributed by atoms with Crippen molar-refractivity contribution in [3.8, 4) is 0 Å². The maximum absolute atomic E-state index is 9.53. The Morgan fingerprint density at radius 2 is 1.79 bits per heavy atom. The third kappa shape index (κ3) is 1.88. The Morgan fingerprint density at radius 1 is 1.21 bits per heavy atom. The van der Waals surface area contributed by atoms with E-state index in [0.717, 1.165) is 0 Å². The lowest BCUT2D eigenvalue weighted by molar-refractivity contribution is -0.0618. The number of aliphatic hydroxyl groups is 4. The Balaban J connectivity index is 2.94. The molecule has 0 aromatic rings. The average molecular weight is 204 g/mol. The van der Waals surface area contributed by atoms with Crippen molar-refractivity contribution in [2.45, 2.75) is 24.4 Å². The SMILES string of the molecule is CN(C)C1=N[C@H](CO)[C@@H](O)[C@H](O)[C@@H]1O. The first-order valence-corrected chi connectivity index (χ1v) is 4.39. The van der Waals surface area contributed by atoms with Gasteiger partial charge in [0.05, 0.1) is 6.61 Å². The Bertz CT molecular complexity index is 231. The maximum Gasteiger partial charge on any atom is 0.139 e. The Labute approximate surface area is 82.1 Å². The van der Waals surface area contributed by atoms with Gasteiger partial charge in [-0.15, -0.1) is 0 Å². The quantitative estimate of drug-likeness (QED) is 0.376. The lowest BCUT2D eigenvalue weighted by Crippen LogP contribution is -2.55. The fourth-order valence-corrected chi connectivity index (χ4v) is 1.42. The summed E-state index contributed by atoms with van der Waals surface area (Å²) < 4.78 is 0. The smallest absolute Gasteiger partial charge is 0.139 e. The van der Waals surface area contributed by atoms with Gasteiger partial charge in [0, 0.05) is 14.1 Å². The molecule has 0 spiro atoms. The molecule has 0 aromatic carbocycles. The van der Waals surface area contributed by atoms with Crippen LogP contribution in [0.3, 0.4) is 0 Å². The second-order valence-electron chi connectivity index (χ2n) is 3.56. The zero-order chi connectivity index (χ0) is 10.9. The molecule has 14 heavy (non-hydrogen) atoms. The predicted molar refractivity (Wildman–Crippen MR) is 50.0 cm³/mol. The minimum Gasteiger partial charge on any atom is -0.394 e. The van der Waals surface area contributed by atoms with Crippen molar-refractivity contribution in [3.05, 3.63) is 0 Å². The van der Waals surface area contributed by atoms with Crippen LogP contribution in [0.4, 0.5) is 0 Å². The molecule has 0 aliphatic carbocycles. The molecule has 0 bridgehead atoms. The molecule has 0 saturated heterocycles. The molecule has 1 aliphatic rings. The second kappa shape index (κ2) is 4.22. The molecule has 6 heteroatoms. The number of hydrogen-bond acceptors (Lipinski definition) is 6. The molecule has 0 fully saturated rings. The van der Waals surface area contributed by atoms with Gasteiger partial charge in [-0.2, -0.15) is 0 Å². The number of aliphatic hydroxyl groups excluding tert-OH is 4. The first-order valence-electron chi connectivity index (χ1n) is 4.39. The van der Waals surface area contributed by atoms with Gasteiger partial charge in [-0.3, -0.25) is 4.99 Å². The fraction of sp³-hybridized carbons (Fsp3) is 0.875. The average Bonchev–Trinajstić information content (AvgIpc) is 2.14. The third-order valence-corrected chi connectivity index (χ3v) is 2.28. The van der Waals surface area contributed by atoms with E-state index < -0.39 is 24.4 Å². The minimum atomic E-state index is -1.30. The largest absolute Gasteiger partial charge is 0.394 e. The molecule has 0 unspecified atom stereocenters. The zero-order valence-electron chi connectivity index (χ0n) is 8.20. The number of likely N-dealkylation sites (N-methyl/N-ethyl adjacent to an activating group) is 1. The molecule has 4 atom stereocenters. The molecule has 1 rings (SSSR count). The summed E-state index contributed by atoms with van der Waals surface area (Å²) in [5, 5.41) is 37.3. The van der Waals surface area contributed by atoms with Crippen LogP contribution in [0.25, 0.3) is 0 Å². The highest BCUT2D eigenvalue weighted by molar-refractivity contribution is 5.87. The van der Waals surface area contributed by atoms with Crippen molar-refractivity contribution in [1.29, 1.82) is 0 Å². The Morgan fingerprint density at radius 3 is 2.21 bits per heavy atom. The van der Waals surface area contributed by atoms with Gasteiger partial charge in [-0.1, -0.05) is 0 Å². The summed E-state index contributed by atoms with van der Waals surface area (Å²) in [5.41, 5.74) is 0. The summed E-state index contributed by atoms with van der Waals surface area (Å²) in [6, 6.07) is -0.772. The zero-order valence-corrected chi connectivity index (χ0v) is 8.20. The predicted octanol–water partition coefficient (Wildman–Crippen LogP) is -2.60. The van der Waals surface area contributed by atoms with E-state index in [0.29, 0.717) is 0 Å². The van der Waals surface area contributed by atoms with Crippen LogP contribution in [0.1, 0.15) is 0 Å². The lowest BCUT2D eigenvalue weighted by Gasteiger charge is -2.35. The standard InChI is InChI=1S/C8H16N2O4/c1-10(2)8-7(14)6(13)5(12)4(3-11)9-8/h4-7,11-14H,3H2,1-2H3/t4-,5-,6+,7+/m1/s1. The minimum absolute atomic E-state index is 0.266. The molecule has 0 aromatic heterocycles. The monoisotopic (exact) mass is 204 g/mol. The van der Waals surface area contributed by atoms with Crippen LogP contribution >= 0.6 is 0 Å². The van der Waals surface area contributed by atoms with Crippen molar-refractivity contribution < 1.29 is 20.4 Å². The fourth-order valence-electron chi connectivity index (χ4n) is 1.42. The summed E-state index contributed by atoms with van der Waals surface area (Å²) in [5.74, 6) is 0.266. The van der Waals surface area contributed by atoms with Crippen molar-refractivity contribution in [1.82, 2.24) is 4.90 Å². The molecule has 1 heterocycles. The molecule has 4 N–H and O–H groups in total. The van der Waals surface area contributed by atoms with Crippen LogP contribution in [0.2, 0.25) is 0 Å². The molecule has 1 aliphatic heterocycles. The molecular weight excluding hydrogens is 188 g/mol. The van der Waals surface area contributed by atoms with Crippen LogP contribution in [0.15, 0.2) is 4.99 Å². The second-order valence-corrected chi connectivity index (χ2v) is 3.56. The van der Waals surface area contributed by atoms with E-state index in [1.807, 2.05) is 0 Å². The van der Waals surface area contributed by atoms with Gasteiger partial charge < -0.3 is 25.3 Å². The molecule has 82 valence electrons. The summed E-state index contributed by atoms with van der Waals surface area (Å²) in [6.07, 6.45) is -3.73. The van der Waals surface area contributed by atoms with Gasteiger partial charge in [0.25, 0.3) is 0 Å². The number of hydrogen-bond donors (Lipinski definition) is 4.